The van der Waals surface area contributed by atoms with E-state index >= 15 is 0 Å². The second-order valence-corrected chi connectivity index (χ2v) is 4.78. The zero-order valence-electron chi connectivity index (χ0n) is 10.6. The van der Waals surface area contributed by atoms with Crippen LogP contribution >= 0.6 is 15.9 Å². The van der Waals surface area contributed by atoms with Gasteiger partial charge in [-0.1, -0.05) is 15.9 Å². The summed E-state index contributed by atoms with van der Waals surface area (Å²) < 4.78 is 44.5. The lowest BCUT2D eigenvalue weighted by Crippen LogP contribution is -2.38. The van der Waals surface area contributed by atoms with Crippen molar-refractivity contribution in [2.75, 3.05) is 19.0 Å². The zero-order chi connectivity index (χ0) is 15.3. The fraction of sp³-hybridized carbons (Fsp3) is 0.417. The number of amides is 1. The van der Waals surface area contributed by atoms with Gasteiger partial charge in [-0.25, -0.2) is 8.78 Å². The lowest BCUT2D eigenvalue weighted by atomic mass is 10.1. The smallest absolute Gasteiger partial charge is 0.254 e. The second-order valence-electron chi connectivity index (χ2n) is 3.99. The van der Waals surface area contributed by atoms with Gasteiger partial charge in [-0.05, 0) is 12.5 Å². The average Bonchev–Trinajstić information content (AvgIpc) is 2.41. The molecule has 2 N–H and O–H groups in total. The number of phenolic OH excluding ortho intramolecular Hbond substituents is 1. The van der Waals surface area contributed by atoms with Crippen molar-refractivity contribution in [2.24, 2.45) is 0 Å². The van der Waals surface area contributed by atoms with E-state index in [2.05, 4.69) is 21.2 Å². The van der Waals surface area contributed by atoms with Crippen molar-refractivity contribution in [1.29, 1.82) is 0 Å². The van der Waals surface area contributed by atoms with Crippen LogP contribution in [-0.2, 0) is 4.74 Å². The summed E-state index contributed by atoms with van der Waals surface area (Å²) in [5, 5.41) is 12.0. The van der Waals surface area contributed by atoms with E-state index < -0.39 is 40.7 Å². The van der Waals surface area contributed by atoms with Gasteiger partial charge in [0.2, 0.25) is 5.82 Å². The van der Waals surface area contributed by atoms with Gasteiger partial charge in [-0.3, -0.25) is 4.79 Å². The van der Waals surface area contributed by atoms with Crippen LogP contribution in [0.25, 0.3) is 0 Å². The molecule has 0 bridgehead atoms. The van der Waals surface area contributed by atoms with Gasteiger partial charge in [0.05, 0.1) is 18.2 Å². The highest BCUT2D eigenvalue weighted by molar-refractivity contribution is 9.09. The van der Waals surface area contributed by atoms with E-state index in [4.69, 9.17) is 9.84 Å². The molecule has 0 spiro atoms. The largest absolute Gasteiger partial charge is 0.503 e. The summed E-state index contributed by atoms with van der Waals surface area (Å²) in [5.41, 5.74) is -0.767. The van der Waals surface area contributed by atoms with Crippen LogP contribution in [0.2, 0.25) is 0 Å². The molecule has 0 heterocycles. The third kappa shape index (κ3) is 3.86. The lowest BCUT2D eigenvalue weighted by Gasteiger charge is -2.17. The van der Waals surface area contributed by atoms with Crippen molar-refractivity contribution in [2.45, 2.75) is 12.5 Å². The molecule has 0 saturated carbocycles. The number of nitrogens with one attached hydrogen (secondary N) is 1. The third-order valence-electron chi connectivity index (χ3n) is 2.54. The second kappa shape index (κ2) is 7.49. The maximum Gasteiger partial charge on any atom is 0.254 e. The third-order valence-corrected chi connectivity index (χ3v) is 3.00. The summed E-state index contributed by atoms with van der Waals surface area (Å²) in [4.78, 5) is 11.8. The SMILES string of the molecule is COCC(CCBr)NC(=O)c1cc(F)c(F)c(O)c1F. The maximum atomic E-state index is 13.6. The number of phenols is 1. The van der Waals surface area contributed by atoms with Crippen molar-refractivity contribution in [3.63, 3.8) is 0 Å². The van der Waals surface area contributed by atoms with Crippen molar-refractivity contribution in [1.82, 2.24) is 5.32 Å². The number of ether oxygens (including phenoxy) is 1. The summed E-state index contributed by atoms with van der Waals surface area (Å²) in [6.45, 7) is 0.175. The molecule has 0 aromatic heterocycles. The Morgan fingerprint density at radius 3 is 2.65 bits per heavy atom. The molecule has 0 aliphatic carbocycles. The van der Waals surface area contributed by atoms with Crippen LogP contribution in [0.15, 0.2) is 6.07 Å². The summed E-state index contributed by atoms with van der Waals surface area (Å²) in [5.74, 6) is -7.21. The first kappa shape index (κ1) is 16.8. The Morgan fingerprint density at radius 1 is 1.45 bits per heavy atom. The van der Waals surface area contributed by atoms with Gasteiger partial charge in [0.1, 0.15) is 0 Å². The fourth-order valence-corrected chi connectivity index (χ4v) is 2.10. The average molecular weight is 356 g/mol. The lowest BCUT2D eigenvalue weighted by molar-refractivity contribution is 0.0889. The summed E-state index contributed by atoms with van der Waals surface area (Å²) >= 11 is 3.18. The van der Waals surface area contributed by atoms with Gasteiger partial charge >= 0.3 is 0 Å². The Hall–Kier alpha value is -1.28. The molecule has 0 saturated heterocycles. The number of carbonyl (C=O) groups excluding carboxylic acids is 1. The van der Waals surface area contributed by atoms with Crippen LogP contribution < -0.4 is 5.32 Å². The summed E-state index contributed by atoms with van der Waals surface area (Å²) in [7, 11) is 1.43. The number of benzene rings is 1. The number of hydrogen-bond donors (Lipinski definition) is 2. The first-order valence-corrected chi connectivity index (χ1v) is 6.76. The van der Waals surface area contributed by atoms with Gasteiger partial charge in [0.25, 0.3) is 5.91 Å². The monoisotopic (exact) mass is 355 g/mol. The molecular formula is C12H13BrF3NO3. The van der Waals surface area contributed by atoms with Crippen LogP contribution in [0.5, 0.6) is 5.75 Å². The standard InChI is InChI=1S/C12H13BrF3NO3/c1-20-5-6(2-3-13)17-12(19)7-4-8(14)10(16)11(18)9(7)15/h4,6,18H,2-3,5H2,1H3,(H,17,19). The molecule has 112 valence electrons. The van der Waals surface area contributed by atoms with E-state index in [1.807, 2.05) is 0 Å². The van der Waals surface area contributed by atoms with Gasteiger partial charge in [-0.2, -0.15) is 4.39 Å². The summed E-state index contributed by atoms with van der Waals surface area (Å²) in [6.07, 6.45) is 0.497. The van der Waals surface area contributed by atoms with Crippen LogP contribution in [0.4, 0.5) is 13.2 Å². The van der Waals surface area contributed by atoms with E-state index in [9.17, 15) is 18.0 Å². The molecule has 1 atom stereocenters. The minimum absolute atomic E-state index is 0.175. The molecule has 1 unspecified atom stereocenters. The van der Waals surface area contributed by atoms with Gasteiger partial charge in [-0.15, -0.1) is 0 Å². The maximum absolute atomic E-state index is 13.6. The predicted octanol–water partition coefficient (Wildman–Crippen LogP) is 2.34. The molecular weight excluding hydrogens is 343 g/mol. The van der Waals surface area contributed by atoms with Crippen LogP contribution in [0.3, 0.4) is 0 Å². The number of alkyl halides is 1. The molecule has 0 fully saturated rings. The van der Waals surface area contributed by atoms with Crippen LogP contribution in [0.1, 0.15) is 16.8 Å². The number of rotatable bonds is 6. The highest BCUT2D eigenvalue weighted by Gasteiger charge is 2.23. The molecule has 1 amide bonds. The molecule has 0 aliphatic heterocycles. The molecule has 1 rings (SSSR count). The van der Waals surface area contributed by atoms with Crippen molar-refractivity contribution < 1.29 is 27.8 Å². The number of carbonyl (C=O) groups is 1. The molecule has 1 aromatic carbocycles. The van der Waals surface area contributed by atoms with Gasteiger partial charge < -0.3 is 15.2 Å². The molecule has 0 radical (unpaired) electrons. The number of halogens is 4. The fourth-order valence-electron chi connectivity index (χ4n) is 1.55. The molecule has 8 heteroatoms. The van der Waals surface area contributed by atoms with Crippen molar-refractivity contribution in [3.05, 3.63) is 29.1 Å². The molecule has 4 nitrogen and oxygen atoms in total. The molecule has 1 aromatic rings. The van der Waals surface area contributed by atoms with Gasteiger partial charge in [0.15, 0.2) is 17.4 Å². The first-order valence-electron chi connectivity index (χ1n) is 5.64. The quantitative estimate of drug-likeness (QED) is 0.608. The Labute approximate surface area is 122 Å². The van der Waals surface area contributed by atoms with E-state index in [0.717, 1.165) is 0 Å². The highest BCUT2D eigenvalue weighted by Crippen LogP contribution is 2.25. The van der Waals surface area contributed by atoms with E-state index in [-0.39, 0.29) is 6.61 Å². The van der Waals surface area contributed by atoms with Crippen molar-refractivity contribution >= 4 is 21.8 Å². The van der Waals surface area contributed by atoms with Crippen LogP contribution in [0, 0.1) is 17.5 Å². The normalized spacial score (nSPS) is 12.2. The van der Waals surface area contributed by atoms with E-state index in [1.54, 1.807) is 0 Å². The number of methoxy groups -OCH3 is 1. The minimum Gasteiger partial charge on any atom is -0.503 e. The zero-order valence-corrected chi connectivity index (χ0v) is 12.1. The molecule has 0 aliphatic rings. The first-order chi connectivity index (χ1) is 9.42. The Morgan fingerprint density at radius 2 is 2.10 bits per heavy atom. The predicted molar refractivity (Wildman–Crippen MR) is 69.5 cm³/mol. The number of hydrogen-bond acceptors (Lipinski definition) is 3. The van der Waals surface area contributed by atoms with Gasteiger partial charge in [0, 0.05) is 12.4 Å². The Bertz CT molecular complexity index is 493. The minimum atomic E-state index is -1.73. The number of aromatic hydroxyl groups is 1. The van der Waals surface area contributed by atoms with Crippen molar-refractivity contribution in [3.8, 4) is 5.75 Å². The highest BCUT2D eigenvalue weighted by atomic mass is 79.9. The van der Waals surface area contributed by atoms with E-state index in [0.29, 0.717) is 17.8 Å². The summed E-state index contributed by atoms with van der Waals surface area (Å²) in [6, 6.07) is -0.0286. The van der Waals surface area contributed by atoms with Crippen LogP contribution in [-0.4, -0.2) is 36.1 Å². The Balaban J connectivity index is 2.97. The molecule has 20 heavy (non-hydrogen) atoms. The Kier molecular flexibility index (Phi) is 6.28. The topological polar surface area (TPSA) is 58.6 Å². The van der Waals surface area contributed by atoms with E-state index in [1.165, 1.54) is 7.11 Å².